The highest BCUT2D eigenvalue weighted by Gasteiger charge is 2.30. The Morgan fingerprint density at radius 1 is 0.935 bits per heavy atom. The quantitative estimate of drug-likeness (QED) is 0.106. The molecular weight excluding hydrogens is 625 g/mol. The summed E-state index contributed by atoms with van der Waals surface area (Å²) in [5.74, 6) is 0.388. The lowest BCUT2D eigenvalue weighted by molar-refractivity contribution is -0.328. The van der Waals surface area contributed by atoms with Crippen molar-refractivity contribution in [2.75, 3.05) is 26.3 Å². The van der Waals surface area contributed by atoms with Crippen molar-refractivity contribution in [2.24, 2.45) is 0 Å². The van der Waals surface area contributed by atoms with E-state index in [0.29, 0.717) is 46.3 Å². The molecule has 0 radical (unpaired) electrons. The first kappa shape index (κ1) is 31.9. The second-order valence-corrected chi connectivity index (χ2v) is 11.4. The van der Waals surface area contributed by atoms with Crippen LogP contribution in [-0.4, -0.2) is 68.8 Å². The van der Waals surface area contributed by atoms with Crippen molar-refractivity contribution in [1.82, 2.24) is 19.9 Å². The Morgan fingerprint density at radius 2 is 1.61 bits per heavy atom. The number of halogens is 4. The lowest BCUT2D eigenvalue weighted by Crippen LogP contribution is -2.51. The van der Waals surface area contributed by atoms with Crippen molar-refractivity contribution < 1.29 is 37.6 Å². The van der Waals surface area contributed by atoms with Crippen molar-refractivity contribution in [2.45, 2.75) is 32.2 Å². The van der Waals surface area contributed by atoms with Crippen molar-refractivity contribution in [3.05, 3.63) is 94.5 Å². The standard InChI is InChI=1S/C33H30ClF3N4O5/c1-19-2-11-24(14-26(19)31(42)43)46-32-38-28-15-27(34)29(39-30(28)40-32)23-9-7-22(8-10-23)21-5-3-20(4-6-21)16-41-17-25(18-41)44-12-13-45-33(35,36)37/h2-11,14-15,25,31,42-43H,12-13,16-18H2,1H3,(H,38,39,40). The van der Waals surface area contributed by atoms with Gasteiger partial charge < -0.3 is 24.7 Å². The summed E-state index contributed by atoms with van der Waals surface area (Å²) in [6.45, 7) is 3.23. The number of benzene rings is 3. The molecule has 1 aliphatic rings. The molecule has 3 aromatic carbocycles. The number of likely N-dealkylation sites (tertiary alicyclic amines) is 1. The molecule has 0 spiro atoms. The van der Waals surface area contributed by atoms with E-state index in [-0.39, 0.29) is 18.7 Å². The lowest BCUT2D eigenvalue weighted by atomic mass is 10.0. The van der Waals surface area contributed by atoms with Gasteiger partial charge in [0.1, 0.15) is 5.75 Å². The van der Waals surface area contributed by atoms with Crippen LogP contribution in [0.15, 0.2) is 72.8 Å². The molecule has 2 aromatic heterocycles. The number of aromatic amines is 1. The van der Waals surface area contributed by atoms with Gasteiger partial charge in [0, 0.05) is 30.8 Å². The predicted molar refractivity (Wildman–Crippen MR) is 165 cm³/mol. The van der Waals surface area contributed by atoms with Gasteiger partial charge in [-0.25, -0.2) is 4.98 Å². The van der Waals surface area contributed by atoms with Crippen LogP contribution < -0.4 is 4.74 Å². The normalized spacial score (nSPS) is 14.3. The zero-order valence-corrected chi connectivity index (χ0v) is 25.3. The minimum atomic E-state index is -4.63. The number of aliphatic hydroxyl groups excluding tert-OH is 1. The van der Waals surface area contributed by atoms with Crippen LogP contribution in [0.1, 0.15) is 23.0 Å². The molecule has 5 aromatic rings. The molecule has 0 amide bonds. The van der Waals surface area contributed by atoms with Crippen molar-refractivity contribution in [3.8, 4) is 34.1 Å². The fraction of sp³-hybridized carbons (Fsp3) is 0.273. The van der Waals surface area contributed by atoms with Gasteiger partial charge in [0.25, 0.3) is 0 Å². The average Bonchev–Trinajstić information content (AvgIpc) is 3.39. The van der Waals surface area contributed by atoms with Crippen LogP contribution in [-0.2, 0) is 16.0 Å². The zero-order valence-electron chi connectivity index (χ0n) is 24.6. The Balaban J connectivity index is 1.06. The molecular formula is C33H30ClF3N4O5. The molecule has 0 unspecified atom stereocenters. The Labute approximate surface area is 267 Å². The maximum atomic E-state index is 12.0. The minimum absolute atomic E-state index is 0.0860. The number of hydrogen-bond acceptors (Lipinski definition) is 8. The number of nitrogens with zero attached hydrogens (tertiary/aromatic N) is 3. The number of pyridine rings is 1. The van der Waals surface area contributed by atoms with E-state index in [2.05, 4.69) is 36.7 Å². The third kappa shape index (κ3) is 7.66. The Hall–Kier alpha value is -4.04. The first-order chi connectivity index (χ1) is 22.0. The molecule has 0 bridgehead atoms. The fourth-order valence-corrected chi connectivity index (χ4v) is 5.49. The second kappa shape index (κ2) is 13.4. The van der Waals surface area contributed by atoms with Gasteiger partial charge in [-0.3, -0.25) is 9.64 Å². The van der Waals surface area contributed by atoms with E-state index in [0.717, 1.165) is 34.4 Å². The van der Waals surface area contributed by atoms with Gasteiger partial charge in [-0.1, -0.05) is 66.2 Å². The summed E-state index contributed by atoms with van der Waals surface area (Å²) in [6.07, 6.45) is -6.33. The topological polar surface area (TPSA) is 113 Å². The first-order valence-corrected chi connectivity index (χ1v) is 14.8. The predicted octanol–water partition coefficient (Wildman–Crippen LogP) is 6.77. The molecule has 9 nitrogen and oxygen atoms in total. The van der Waals surface area contributed by atoms with E-state index in [1.807, 2.05) is 36.4 Å². The third-order valence-corrected chi connectivity index (χ3v) is 7.91. The second-order valence-electron chi connectivity index (χ2n) is 11.0. The molecule has 6 rings (SSSR count). The van der Waals surface area contributed by atoms with Gasteiger partial charge in [0.05, 0.1) is 35.6 Å². The Kier molecular flexibility index (Phi) is 9.27. The maximum absolute atomic E-state index is 12.0. The summed E-state index contributed by atoms with van der Waals surface area (Å²) in [6, 6.07) is 23.0. The van der Waals surface area contributed by atoms with E-state index in [1.54, 1.807) is 31.2 Å². The molecule has 0 aliphatic carbocycles. The molecule has 3 heterocycles. The van der Waals surface area contributed by atoms with Crippen LogP contribution in [0.5, 0.6) is 11.8 Å². The Bertz CT molecular complexity index is 1810. The summed E-state index contributed by atoms with van der Waals surface area (Å²) in [7, 11) is 0. The van der Waals surface area contributed by atoms with Gasteiger partial charge in [-0.05, 0) is 47.4 Å². The highest BCUT2D eigenvalue weighted by Crippen LogP contribution is 2.33. The smallest absolute Gasteiger partial charge is 0.426 e. The number of aliphatic hydroxyl groups is 2. The van der Waals surface area contributed by atoms with Crippen LogP contribution in [0.4, 0.5) is 13.2 Å². The van der Waals surface area contributed by atoms with Gasteiger partial charge in [-0.2, -0.15) is 4.98 Å². The molecule has 1 saturated heterocycles. The number of alkyl halides is 3. The van der Waals surface area contributed by atoms with Gasteiger partial charge in [0.15, 0.2) is 11.9 Å². The number of nitrogens with one attached hydrogen (secondary N) is 1. The molecule has 0 saturated carbocycles. The van der Waals surface area contributed by atoms with Gasteiger partial charge in [-0.15, -0.1) is 13.2 Å². The average molecular weight is 655 g/mol. The molecule has 1 aliphatic heterocycles. The minimum Gasteiger partial charge on any atom is -0.426 e. The summed E-state index contributed by atoms with van der Waals surface area (Å²) in [5.41, 5.74) is 6.64. The number of H-pyrrole nitrogens is 1. The molecule has 240 valence electrons. The summed E-state index contributed by atoms with van der Waals surface area (Å²) in [4.78, 5) is 14.3. The van der Waals surface area contributed by atoms with Crippen LogP contribution >= 0.6 is 11.6 Å². The number of hydrogen-bond donors (Lipinski definition) is 3. The van der Waals surface area contributed by atoms with E-state index >= 15 is 0 Å². The summed E-state index contributed by atoms with van der Waals surface area (Å²) in [5, 5.41) is 19.6. The third-order valence-electron chi connectivity index (χ3n) is 7.63. The monoisotopic (exact) mass is 654 g/mol. The molecule has 0 atom stereocenters. The molecule has 13 heteroatoms. The SMILES string of the molecule is Cc1ccc(Oc2nc3nc(-c4ccc(-c5ccc(CN6CC(OCCOC(F)(F)F)C6)cc5)cc4)c(Cl)cc3[nH]2)cc1C(O)O. The van der Waals surface area contributed by atoms with Gasteiger partial charge >= 0.3 is 12.4 Å². The zero-order chi connectivity index (χ0) is 32.4. The highest BCUT2D eigenvalue weighted by molar-refractivity contribution is 6.33. The van der Waals surface area contributed by atoms with Crippen LogP contribution in [0, 0.1) is 6.92 Å². The van der Waals surface area contributed by atoms with E-state index in [9.17, 15) is 23.4 Å². The summed E-state index contributed by atoms with van der Waals surface area (Å²) >= 11 is 6.60. The van der Waals surface area contributed by atoms with Crippen molar-refractivity contribution in [1.29, 1.82) is 0 Å². The number of rotatable bonds is 11. The maximum Gasteiger partial charge on any atom is 0.522 e. The lowest BCUT2D eigenvalue weighted by Gasteiger charge is -2.39. The largest absolute Gasteiger partial charge is 0.522 e. The Morgan fingerprint density at radius 3 is 2.28 bits per heavy atom. The van der Waals surface area contributed by atoms with Crippen LogP contribution in [0.25, 0.3) is 33.5 Å². The highest BCUT2D eigenvalue weighted by atomic mass is 35.5. The molecule has 1 fully saturated rings. The number of aryl methyl sites for hydroxylation is 1. The van der Waals surface area contributed by atoms with Crippen LogP contribution in [0.3, 0.4) is 0 Å². The van der Waals surface area contributed by atoms with E-state index in [4.69, 9.17) is 21.1 Å². The number of imidazole rings is 1. The fourth-order valence-electron chi connectivity index (χ4n) is 5.23. The van der Waals surface area contributed by atoms with Crippen LogP contribution in [0.2, 0.25) is 5.02 Å². The summed E-state index contributed by atoms with van der Waals surface area (Å²) < 4.78 is 51.1. The molecule has 3 N–H and O–H groups in total. The molecule has 46 heavy (non-hydrogen) atoms. The van der Waals surface area contributed by atoms with E-state index < -0.39 is 19.3 Å². The number of ether oxygens (including phenoxy) is 3. The first-order valence-electron chi connectivity index (χ1n) is 14.5. The van der Waals surface area contributed by atoms with Gasteiger partial charge in [0.2, 0.25) is 0 Å². The van der Waals surface area contributed by atoms with E-state index in [1.165, 1.54) is 0 Å². The van der Waals surface area contributed by atoms with Crippen molar-refractivity contribution in [3.63, 3.8) is 0 Å². The number of fused-ring (bicyclic) bond motifs is 1. The van der Waals surface area contributed by atoms with Crippen molar-refractivity contribution >= 4 is 22.8 Å². The number of aromatic nitrogens is 3.